The molecule has 1 heterocycles. The van der Waals surface area contributed by atoms with Crippen molar-refractivity contribution in [1.82, 2.24) is 5.32 Å². The highest BCUT2D eigenvalue weighted by molar-refractivity contribution is 8.13. The molecule has 5 heteroatoms. The second-order valence-electron chi connectivity index (χ2n) is 7.87. The topological polar surface area (TPSA) is 41.5 Å². The molecule has 5 rings (SSSR count). The second kappa shape index (κ2) is 7.82. The molecule has 154 valence electrons. The van der Waals surface area contributed by atoms with Crippen LogP contribution in [0.15, 0.2) is 77.3 Å². The lowest BCUT2D eigenvalue weighted by Gasteiger charge is -2.24. The van der Waals surface area contributed by atoms with Crippen LogP contribution in [-0.2, 0) is 5.75 Å². The summed E-state index contributed by atoms with van der Waals surface area (Å²) in [5.74, 6) is 0.294. The van der Waals surface area contributed by atoms with Gasteiger partial charge in [-0.3, -0.25) is 4.79 Å². The van der Waals surface area contributed by atoms with Gasteiger partial charge in [-0.15, -0.1) is 0 Å². The maximum absolute atomic E-state index is 14.7. The van der Waals surface area contributed by atoms with E-state index in [4.69, 9.17) is 4.99 Å². The number of Topliss-reactive ketones (excluding diaryl/α,β-unsaturated/α-hetero) is 1. The van der Waals surface area contributed by atoms with Crippen LogP contribution in [0.5, 0.6) is 0 Å². The molecular weight excluding hydrogens is 407 g/mol. The number of carbonyl (C=O) groups excluding carboxylic acids is 1. The Balaban J connectivity index is 1.54. The summed E-state index contributed by atoms with van der Waals surface area (Å²) in [5.41, 5.74) is 6.84. The summed E-state index contributed by atoms with van der Waals surface area (Å²) in [6, 6.07) is 19.8. The molecule has 1 atom stereocenters. The minimum absolute atomic E-state index is 0.0892. The molecule has 3 aromatic carbocycles. The first-order valence-corrected chi connectivity index (χ1v) is 11.2. The molecule has 0 saturated carbocycles. The number of halogens is 1. The number of fused-ring (bicyclic) bond motifs is 2. The van der Waals surface area contributed by atoms with Crippen molar-refractivity contribution in [2.24, 2.45) is 4.99 Å². The normalized spacial score (nSPS) is 17.2. The molecule has 1 N–H and O–H groups in total. The number of thioether (sulfide) groups is 1. The van der Waals surface area contributed by atoms with E-state index in [1.54, 1.807) is 30.0 Å². The standard InChI is InChI=1S/C26H21FN2OS/c1-15-11-12-16(2)17(13-15)14-31-26-28-23-18-7-3-4-8-19(18)25(30)22(23)24(29-26)20-9-5-6-10-21(20)27/h3-13,24H,14H2,1-2H3,(H,28,29). The molecule has 1 aliphatic heterocycles. The molecule has 31 heavy (non-hydrogen) atoms. The zero-order valence-corrected chi connectivity index (χ0v) is 18.1. The van der Waals surface area contributed by atoms with E-state index >= 15 is 0 Å². The number of nitrogens with one attached hydrogen (secondary N) is 1. The quantitative estimate of drug-likeness (QED) is 0.558. The third-order valence-corrected chi connectivity index (χ3v) is 6.71. The number of ketones is 1. The molecule has 3 nitrogen and oxygen atoms in total. The van der Waals surface area contributed by atoms with Gasteiger partial charge in [0.15, 0.2) is 11.0 Å². The van der Waals surface area contributed by atoms with Gasteiger partial charge in [0.1, 0.15) is 11.9 Å². The lowest BCUT2D eigenvalue weighted by atomic mass is 9.95. The smallest absolute Gasteiger partial charge is 0.194 e. The molecular formula is C26H21FN2OS. The van der Waals surface area contributed by atoms with Crippen LogP contribution in [-0.4, -0.2) is 11.0 Å². The van der Waals surface area contributed by atoms with Crippen LogP contribution in [0.4, 0.5) is 4.39 Å². The van der Waals surface area contributed by atoms with Crippen LogP contribution in [0.25, 0.3) is 5.70 Å². The summed E-state index contributed by atoms with van der Waals surface area (Å²) >= 11 is 1.57. The Morgan fingerprint density at radius 3 is 2.55 bits per heavy atom. The van der Waals surface area contributed by atoms with E-state index in [0.29, 0.717) is 21.9 Å². The third-order valence-electron chi connectivity index (χ3n) is 5.78. The fourth-order valence-electron chi connectivity index (χ4n) is 4.12. The van der Waals surface area contributed by atoms with Crippen molar-refractivity contribution in [3.05, 3.63) is 112 Å². The number of aryl methyl sites for hydroxylation is 2. The largest absolute Gasteiger partial charge is 0.334 e. The predicted octanol–water partition coefficient (Wildman–Crippen LogP) is 5.98. The van der Waals surface area contributed by atoms with Gasteiger partial charge in [0.05, 0.1) is 11.3 Å². The maximum Gasteiger partial charge on any atom is 0.194 e. The van der Waals surface area contributed by atoms with Gasteiger partial charge in [0, 0.05) is 22.4 Å². The van der Waals surface area contributed by atoms with Crippen molar-refractivity contribution in [2.75, 3.05) is 0 Å². The molecule has 3 aromatic rings. The first kappa shape index (κ1) is 19.8. The summed E-state index contributed by atoms with van der Waals surface area (Å²) in [6.45, 7) is 4.18. The lowest BCUT2D eigenvalue weighted by molar-refractivity contribution is 0.103. The van der Waals surface area contributed by atoms with Crippen LogP contribution in [0.2, 0.25) is 0 Å². The van der Waals surface area contributed by atoms with E-state index in [0.717, 1.165) is 17.0 Å². The van der Waals surface area contributed by atoms with Gasteiger partial charge >= 0.3 is 0 Å². The Bertz CT molecular complexity index is 1280. The zero-order valence-electron chi connectivity index (χ0n) is 17.3. The number of amidine groups is 1. The Hall–Kier alpha value is -3.18. The average molecular weight is 429 g/mol. The van der Waals surface area contributed by atoms with Gasteiger partial charge < -0.3 is 5.32 Å². The molecule has 0 fully saturated rings. The fourth-order valence-corrected chi connectivity index (χ4v) is 5.07. The van der Waals surface area contributed by atoms with Crippen LogP contribution in [0.3, 0.4) is 0 Å². The summed E-state index contributed by atoms with van der Waals surface area (Å²) in [7, 11) is 0. The molecule has 1 aliphatic carbocycles. The molecule has 2 aliphatic rings. The first-order chi connectivity index (χ1) is 15.0. The van der Waals surface area contributed by atoms with Crippen LogP contribution >= 0.6 is 11.8 Å². The fraction of sp³-hybridized carbons (Fsp3) is 0.154. The van der Waals surface area contributed by atoms with Crippen LogP contribution in [0.1, 0.15) is 44.2 Å². The molecule has 0 spiro atoms. The van der Waals surface area contributed by atoms with Crippen LogP contribution < -0.4 is 5.32 Å². The summed E-state index contributed by atoms with van der Waals surface area (Å²) in [4.78, 5) is 18.0. The molecule has 0 radical (unpaired) electrons. The molecule has 0 saturated heterocycles. The van der Waals surface area contributed by atoms with Crippen molar-refractivity contribution in [2.45, 2.75) is 25.6 Å². The van der Waals surface area contributed by atoms with E-state index < -0.39 is 6.04 Å². The first-order valence-electron chi connectivity index (χ1n) is 10.2. The van der Waals surface area contributed by atoms with Gasteiger partial charge in [-0.1, -0.05) is 78.0 Å². The number of hydrogen-bond acceptors (Lipinski definition) is 4. The highest BCUT2D eigenvalue weighted by atomic mass is 32.2. The number of carbonyl (C=O) groups is 1. The average Bonchev–Trinajstić information content (AvgIpc) is 3.07. The third kappa shape index (κ3) is 3.49. The van der Waals surface area contributed by atoms with Crippen LogP contribution in [0, 0.1) is 19.7 Å². The van der Waals surface area contributed by atoms with E-state index in [-0.39, 0.29) is 11.6 Å². The monoisotopic (exact) mass is 428 g/mol. The highest BCUT2D eigenvalue weighted by Crippen LogP contribution is 2.43. The van der Waals surface area contributed by atoms with Crippen molar-refractivity contribution in [1.29, 1.82) is 0 Å². The zero-order chi connectivity index (χ0) is 21.5. The Labute approximate surface area is 185 Å². The minimum Gasteiger partial charge on any atom is -0.334 e. The van der Waals surface area contributed by atoms with Gasteiger partial charge in [-0.25, -0.2) is 9.38 Å². The Morgan fingerprint density at radius 1 is 1.00 bits per heavy atom. The van der Waals surface area contributed by atoms with Gasteiger partial charge in [0.2, 0.25) is 0 Å². The molecule has 0 bridgehead atoms. The summed E-state index contributed by atoms with van der Waals surface area (Å²) in [5, 5.41) is 4.07. The molecule has 0 amide bonds. The van der Waals surface area contributed by atoms with Gasteiger partial charge in [-0.2, -0.15) is 0 Å². The summed E-state index contributed by atoms with van der Waals surface area (Å²) < 4.78 is 14.7. The van der Waals surface area contributed by atoms with E-state index in [1.165, 1.54) is 22.8 Å². The highest BCUT2D eigenvalue weighted by Gasteiger charge is 2.39. The molecule has 1 unspecified atom stereocenters. The maximum atomic E-state index is 14.7. The molecule has 0 aromatic heterocycles. The number of rotatable bonds is 3. The van der Waals surface area contributed by atoms with Gasteiger partial charge in [0.25, 0.3) is 0 Å². The summed E-state index contributed by atoms with van der Waals surface area (Å²) in [6.07, 6.45) is 0. The van der Waals surface area contributed by atoms with Crippen molar-refractivity contribution < 1.29 is 9.18 Å². The van der Waals surface area contributed by atoms with E-state index in [9.17, 15) is 9.18 Å². The number of nitrogens with zero attached hydrogens (tertiary/aromatic N) is 1. The van der Waals surface area contributed by atoms with Gasteiger partial charge in [-0.05, 0) is 31.0 Å². The SMILES string of the molecule is Cc1ccc(C)c(CSC2=NC(c3ccccc3F)C3=C(N2)c2ccccc2C3=O)c1. The predicted molar refractivity (Wildman–Crippen MR) is 125 cm³/mol. The number of hydrogen-bond donors (Lipinski definition) is 1. The number of aliphatic imine (C=N–C) groups is 1. The van der Waals surface area contributed by atoms with Crippen molar-refractivity contribution in [3.63, 3.8) is 0 Å². The second-order valence-corrected chi connectivity index (χ2v) is 8.83. The lowest BCUT2D eigenvalue weighted by Crippen LogP contribution is -2.27. The Kier molecular flexibility index (Phi) is 4.98. The van der Waals surface area contributed by atoms with E-state index in [1.807, 2.05) is 24.3 Å². The van der Waals surface area contributed by atoms with Crippen molar-refractivity contribution in [3.8, 4) is 0 Å². The van der Waals surface area contributed by atoms with E-state index in [2.05, 4.69) is 37.4 Å². The minimum atomic E-state index is -0.668. The Morgan fingerprint density at radius 2 is 1.74 bits per heavy atom. The van der Waals surface area contributed by atoms with Crippen molar-refractivity contribution >= 4 is 28.4 Å². The number of benzene rings is 3.